The van der Waals surface area contributed by atoms with Gasteiger partial charge in [0.25, 0.3) is 0 Å². The van der Waals surface area contributed by atoms with E-state index in [1.54, 1.807) is 36.9 Å². The highest BCUT2D eigenvalue weighted by Gasteiger charge is 2.36. The maximum Gasteiger partial charge on any atom is 0.408 e. The summed E-state index contributed by atoms with van der Waals surface area (Å²) in [7, 11) is 0. The Morgan fingerprint density at radius 3 is 2.52 bits per heavy atom. The number of hydrogen-bond acceptors (Lipinski definition) is 4. The minimum atomic E-state index is -0.543. The van der Waals surface area contributed by atoms with E-state index in [-0.39, 0.29) is 5.82 Å². The second kappa shape index (κ2) is 6.32. The molecular weight excluding hydrogens is 321 g/mol. The van der Waals surface area contributed by atoms with Crippen LogP contribution in [0.1, 0.15) is 23.3 Å². The SMILES string of the molecule is O=C1N[C@@H](c2cncc(-c3cccnc3)c2)[C@H](c2ccc(F)cc2)O1. The third-order valence-corrected chi connectivity index (χ3v) is 4.12. The van der Waals surface area contributed by atoms with Crippen LogP contribution in [0, 0.1) is 5.82 Å². The Hall–Kier alpha value is -3.28. The molecule has 0 saturated carbocycles. The van der Waals surface area contributed by atoms with Crippen molar-refractivity contribution in [3.8, 4) is 11.1 Å². The number of alkyl carbamates (subject to hydrolysis) is 1. The summed E-state index contributed by atoms with van der Waals surface area (Å²) >= 11 is 0. The van der Waals surface area contributed by atoms with E-state index in [0.717, 1.165) is 22.3 Å². The molecule has 1 aliphatic rings. The van der Waals surface area contributed by atoms with Gasteiger partial charge >= 0.3 is 6.09 Å². The van der Waals surface area contributed by atoms with Gasteiger partial charge in [-0.15, -0.1) is 0 Å². The predicted octanol–water partition coefficient (Wildman–Crippen LogP) is 3.80. The first-order valence-electron chi connectivity index (χ1n) is 7.79. The quantitative estimate of drug-likeness (QED) is 0.790. The van der Waals surface area contributed by atoms with Crippen LogP contribution in [-0.4, -0.2) is 16.1 Å². The van der Waals surface area contributed by atoms with Crippen molar-refractivity contribution >= 4 is 6.09 Å². The molecule has 0 aliphatic carbocycles. The Bertz CT molecular complexity index is 900. The van der Waals surface area contributed by atoms with Crippen LogP contribution in [0.5, 0.6) is 0 Å². The van der Waals surface area contributed by atoms with Crippen LogP contribution in [0.2, 0.25) is 0 Å². The summed E-state index contributed by atoms with van der Waals surface area (Å²) < 4.78 is 18.6. The molecule has 1 N–H and O–H groups in total. The van der Waals surface area contributed by atoms with Crippen molar-refractivity contribution in [1.29, 1.82) is 0 Å². The zero-order valence-electron chi connectivity index (χ0n) is 13.1. The van der Waals surface area contributed by atoms with Gasteiger partial charge in [0.2, 0.25) is 0 Å². The number of carbonyl (C=O) groups excluding carboxylic acids is 1. The summed E-state index contributed by atoms with van der Waals surface area (Å²) in [6, 6.07) is 11.3. The maximum atomic E-state index is 13.2. The minimum absolute atomic E-state index is 0.335. The molecule has 1 aliphatic heterocycles. The molecule has 3 aromatic rings. The molecule has 6 heteroatoms. The number of carbonyl (C=O) groups is 1. The Labute approximate surface area is 143 Å². The molecule has 1 fully saturated rings. The molecule has 3 heterocycles. The van der Waals surface area contributed by atoms with Gasteiger partial charge in [0.1, 0.15) is 11.9 Å². The molecule has 1 aromatic carbocycles. The van der Waals surface area contributed by atoms with Crippen LogP contribution in [-0.2, 0) is 4.74 Å². The highest BCUT2D eigenvalue weighted by Crippen LogP contribution is 2.37. The number of ether oxygens (including phenoxy) is 1. The maximum absolute atomic E-state index is 13.2. The standard InChI is InChI=1S/C19H14FN3O2/c20-16-5-3-12(4-6-16)18-17(23-19(24)25-18)15-8-14(10-22-11-15)13-2-1-7-21-9-13/h1-11,17-18H,(H,23,24)/t17-,18-/m0/s1. The van der Waals surface area contributed by atoms with Crippen LogP contribution >= 0.6 is 0 Å². The summed E-state index contributed by atoms with van der Waals surface area (Å²) in [6.45, 7) is 0. The number of benzene rings is 1. The third-order valence-electron chi connectivity index (χ3n) is 4.12. The Morgan fingerprint density at radius 2 is 1.76 bits per heavy atom. The first-order chi connectivity index (χ1) is 12.2. The molecule has 0 radical (unpaired) electrons. The van der Waals surface area contributed by atoms with Gasteiger partial charge in [-0.05, 0) is 35.4 Å². The number of nitrogens with zero attached hydrogens (tertiary/aromatic N) is 2. The topological polar surface area (TPSA) is 64.1 Å². The van der Waals surface area contributed by atoms with Crippen molar-refractivity contribution < 1.29 is 13.9 Å². The number of aromatic nitrogens is 2. The number of nitrogens with one attached hydrogen (secondary N) is 1. The molecule has 2 aromatic heterocycles. The van der Waals surface area contributed by atoms with Crippen molar-refractivity contribution in [2.45, 2.75) is 12.1 Å². The molecule has 1 saturated heterocycles. The summed E-state index contributed by atoms with van der Waals surface area (Å²) in [5.41, 5.74) is 3.35. The van der Waals surface area contributed by atoms with Crippen LogP contribution in [0.4, 0.5) is 9.18 Å². The number of cyclic esters (lactones) is 1. The van der Waals surface area contributed by atoms with E-state index in [1.165, 1.54) is 12.1 Å². The van der Waals surface area contributed by atoms with Crippen molar-refractivity contribution in [2.24, 2.45) is 0 Å². The van der Waals surface area contributed by atoms with E-state index >= 15 is 0 Å². The number of rotatable bonds is 3. The fourth-order valence-electron chi connectivity index (χ4n) is 2.91. The van der Waals surface area contributed by atoms with E-state index in [4.69, 9.17) is 4.74 Å². The second-order valence-corrected chi connectivity index (χ2v) is 5.75. The van der Waals surface area contributed by atoms with Crippen molar-refractivity contribution in [3.05, 3.63) is 84.2 Å². The van der Waals surface area contributed by atoms with Crippen molar-refractivity contribution in [2.75, 3.05) is 0 Å². The average molecular weight is 335 g/mol. The fourth-order valence-corrected chi connectivity index (χ4v) is 2.91. The summed E-state index contributed by atoms with van der Waals surface area (Å²) in [5.74, 6) is -0.335. The van der Waals surface area contributed by atoms with Gasteiger partial charge in [0, 0.05) is 35.9 Å². The number of hydrogen-bond donors (Lipinski definition) is 1. The van der Waals surface area contributed by atoms with Gasteiger partial charge in [0.05, 0.1) is 0 Å². The van der Waals surface area contributed by atoms with Crippen molar-refractivity contribution in [3.63, 3.8) is 0 Å². The Balaban J connectivity index is 1.70. The molecule has 124 valence electrons. The summed E-state index contributed by atoms with van der Waals surface area (Å²) in [6.07, 6.45) is 5.84. The minimum Gasteiger partial charge on any atom is -0.439 e. The summed E-state index contributed by atoms with van der Waals surface area (Å²) in [5, 5.41) is 2.80. The smallest absolute Gasteiger partial charge is 0.408 e. The van der Waals surface area contributed by atoms with Gasteiger partial charge in [-0.2, -0.15) is 0 Å². The van der Waals surface area contributed by atoms with Gasteiger partial charge in [-0.3, -0.25) is 9.97 Å². The van der Waals surface area contributed by atoms with E-state index in [0.29, 0.717) is 0 Å². The lowest BCUT2D eigenvalue weighted by Gasteiger charge is -2.18. The van der Waals surface area contributed by atoms with Gasteiger partial charge in [-0.1, -0.05) is 18.2 Å². The van der Waals surface area contributed by atoms with Gasteiger partial charge in [-0.25, -0.2) is 9.18 Å². The highest BCUT2D eigenvalue weighted by molar-refractivity contribution is 5.71. The zero-order valence-corrected chi connectivity index (χ0v) is 13.1. The molecular formula is C19H14FN3O2. The van der Waals surface area contributed by atoms with E-state index < -0.39 is 18.2 Å². The van der Waals surface area contributed by atoms with E-state index in [9.17, 15) is 9.18 Å². The lowest BCUT2D eigenvalue weighted by molar-refractivity contribution is 0.132. The van der Waals surface area contributed by atoms with Gasteiger partial charge < -0.3 is 10.1 Å². The van der Waals surface area contributed by atoms with Crippen molar-refractivity contribution in [1.82, 2.24) is 15.3 Å². The Morgan fingerprint density at radius 1 is 0.960 bits per heavy atom. The van der Waals surface area contributed by atoms with Crippen LogP contribution < -0.4 is 5.32 Å². The molecule has 5 nitrogen and oxygen atoms in total. The fraction of sp³-hybridized carbons (Fsp3) is 0.105. The highest BCUT2D eigenvalue weighted by atomic mass is 19.1. The van der Waals surface area contributed by atoms with Crippen LogP contribution in [0.15, 0.2) is 67.3 Å². The number of halogens is 1. The largest absolute Gasteiger partial charge is 0.439 e. The molecule has 25 heavy (non-hydrogen) atoms. The molecule has 0 unspecified atom stereocenters. The summed E-state index contributed by atoms with van der Waals surface area (Å²) in [4.78, 5) is 20.2. The number of pyridine rings is 2. The predicted molar refractivity (Wildman–Crippen MR) is 89.0 cm³/mol. The lowest BCUT2D eigenvalue weighted by atomic mass is 9.96. The van der Waals surface area contributed by atoms with E-state index in [1.807, 2.05) is 18.2 Å². The Kier molecular flexibility index (Phi) is 3.85. The average Bonchev–Trinajstić information content (AvgIpc) is 3.05. The van der Waals surface area contributed by atoms with Crippen LogP contribution in [0.25, 0.3) is 11.1 Å². The molecule has 0 spiro atoms. The second-order valence-electron chi connectivity index (χ2n) is 5.75. The first-order valence-corrected chi connectivity index (χ1v) is 7.79. The molecule has 2 atom stereocenters. The van der Waals surface area contributed by atoms with E-state index in [2.05, 4.69) is 15.3 Å². The third kappa shape index (κ3) is 3.06. The molecule has 1 amide bonds. The van der Waals surface area contributed by atoms with Gasteiger partial charge in [0.15, 0.2) is 6.10 Å². The molecule has 0 bridgehead atoms. The number of amides is 1. The van der Waals surface area contributed by atoms with Crippen LogP contribution in [0.3, 0.4) is 0 Å². The molecule has 4 rings (SSSR count). The lowest BCUT2D eigenvalue weighted by Crippen LogP contribution is -2.19. The first kappa shape index (κ1) is 15.3. The monoisotopic (exact) mass is 335 g/mol. The zero-order chi connectivity index (χ0) is 17.2. The normalized spacial score (nSPS) is 19.3.